The van der Waals surface area contributed by atoms with Gasteiger partial charge in [-0.25, -0.2) is 9.78 Å². The van der Waals surface area contributed by atoms with Gasteiger partial charge in [0.1, 0.15) is 24.7 Å². The highest BCUT2D eigenvalue weighted by atomic mass is 32.2. The lowest BCUT2D eigenvalue weighted by molar-refractivity contribution is -0.415. The summed E-state index contributed by atoms with van der Waals surface area (Å²) < 4.78 is 16.2. The Bertz CT molecular complexity index is 724. The maximum Gasteiger partial charge on any atom is 0.375 e. The molecule has 1 fully saturated rings. The average Bonchev–Trinajstić information content (AvgIpc) is 2.60. The summed E-state index contributed by atoms with van der Waals surface area (Å²) in [7, 11) is 1.33. The van der Waals surface area contributed by atoms with Crippen LogP contribution in [0.3, 0.4) is 0 Å². The van der Waals surface area contributed by atoms with Crippen molar-refractivity contribution in [2.24, 2.45) is 0 Å². The maximum atomic E-state index is 11.8. The number of aromatic amines is 1. The monoisotopic (exact) mass is 364 g/mol. The number of hydrogen-bond donors (Lipinski definition) is 0. The fourth-order valence-electron chi connectivity index (χ4n) is 3.15. The molecule has 0 amide bonds. The van der Waals surface area contributed by atoms with Gasteiger partial charge in [-0.1, -0.05) is 0 Å². The van der Waals surface area contributed by atoms with E-state index < -0.39 is 5.30 Å². The van der Waals surface area contributed by atoms with E-state index >= 15 is 0 Å². The molecular formula is C17H22N3O4S+. The number of fused-ring (bicyclic) bond motifs is 1. The van der Waals surface area contributed by atoms with Gasteiger partial charge in [-0.15, -0.1) is 0 Å². The number of aromatic nitrogens is 1. The number of hydrogen-bond acceptors (Lipinski definition) is 7. The van der Waals surface area contributed by atoms with E-state index in [1.165, 1.54) is 7.11 Å². The number of thioether (sulfide) groups is 1. The van der Waals surface area contributed by atoms with E-state index in [1.54, 1.807) is 0 Å². The van der Waals surface area contributed by atoms with Crippen molar-refractivity contribution in [3.05, 3.63) is 16.7 Å². The zero-order valence-electron chi connectivity index (χ0n) is 14.7. The van der Waals surface area contributed by atoms with E-state index in [0.29, 0.717) is 36.8 Å². The minimum atomic E-state index is -0.452. The number of nitrogens with one attached hydrogen (secondary N) is 1. The van der Waals surface area contributed by atoms with E-state index in [1.807, 2.05) is 13.8 Å². The number of morpholine rings is 1. The van der Waals surface area contributed by atoms with Crippen molar-refractivity contribution in [3.8, 4) is 6.07 Å². The second-order valence-electron chi connectivity index (χ2n) is 6.63. The van der Waals surface area contributed by atoms with Gasteiger partial charge in [-0.2, -0.15) is 5.26 Å². The predicted molar refractivity (Wildman–Crippen MR) is 91.6 cm³/mol. The van der Waals surface area contributed by atoms with Crippen LogP contribution in [0.2, 0.25) is 0 Å². The van der Waals surface area contributed by atoms with Crippen LogP contribution in [0.4, 0.5) is 10.6 Å². The van der Waals surface area contributed by atoms with Crippen LogP contribution in [0.15, 0.2) is 5.03 Å². The molecule has 0 atom stereocenters. The molecule has 0 aromatic carbocycles. The lowest BCUT2D eigenvalue weighted by atomic mass is 9.89. The largest absolute Gasteiger partial charge is 0.461 e. The Morgan fingerprint density at radius 2 is 2.08 bits per heavy atom. The van der Waals surface area contributed by atoms with E-state index in [2.05, 4.69) is 16.0 Å². The first kappa shape index (κ1) is 18.0. The smallest absolute Gasteiger partial charge is 0.375 e. The Balaban J connectivity index is 2.13. The Kier molecular flexibility index (Phi) is 5.18. The van der Waals surface area contributed by atoms with Crippen LogP contribution < -0.4 is 9.88 Å². The van der Waals surface area contributed by atoms with Crippen LogP contribution in [0.25, 0.3) is 0 Å². The SMILES string of the molecule is COC(=O)Sc1[nH+]c(N2CCOCC2)c2c(c1C#N)CC(C)(C)OC2. The van der Waals surface area contributed by atoms with Gasteiger partial charge >= 0.3 is 5.30 Å². The molecule has 0 saturated carbocycles. The molecule has 25 heavy (non-hydrogen) atoms. The highest BCUT2D eigenvalue weighted by Gasteiger charge is 2.37. The molecule has 0 spiro atoms. The molecule has 1 aromatic rings. The van der Waals surface area contributed by atoms with Gasteiger partial charge in [0, 0.05) is 18.2 Å². The quantitative estimate of drug-likeness (QED) is 0.585. The molecule has 2 aliphatic rings. The van der Waals surface area contributed by atoms with E-state index in [-0.39, 0.29) is 5.60 Å². The van der Waals surface area contributed by atoms with Crippen LogP contribution in [-0.2, 0) is 27.2 Å². The number of rotatable bonds is 2. The standard InChI is InChI=1S/C17H21N3O4S/c1-17(2)8-11-12(9-18)15(25-16(21)22-3)19-14(13(11)10-24-17)20-4-6-23-7-5-20/h4-8,10H2,1-3H3/p+1. The average molecular weight is 364 g/mol. The number of nitriles is 1. The fraction of sp³-hybridized carbons (Fsp3) is 0.588. The summed E-state index contributed by atoms with van der Waals surface area (Å²) >= 11 is 0.908. The molecular weight excluding hydrogens is 342 g/mol. The first-order valence-electron chi connectivity index (χ1n) is 8.19. The third-order valence-electron chi connectivity index (χ3n) is 4.41. The molecule has 1 N–H and O–H groups in total. The van der Waals surface area contributed by atoms with Gasteiger partial charge < -0.3 is 14.2 Å². The summed E-state index contributed by atoms with van der Waals surface area (Å²) in [6, 6.07) is 2.26. The van der Waals surface area contributed by atoms with E-state index in [4.69, 9.17) is 14.2 Å². The van der Waals surface area contributed by atoms with Crippen molar-refractivity contribution in [3.63, 3.8) is 0 Å². The normalized spacial score (nSPS) is 19.0. The maximum absolute atomic E-state index is 11.8. The van der Waals surface area contributed by atoms with Gasteiger partial charge in [0.2, 0.25) is 0 Å². The van der Waals surface area contributed by atoms with Crippen molar-refractivity contribution in [2.45, 2.75) is 37.5 Å². The van der Waals surface area contributed by atoms with Crippen molar-refractivity contribution >= 4 is 22.9 Å². The minimum absolute atomic E-state index is 0.352. The molecule has 0 aliphatic carbocycles. The Morgan fingerprint density at radius 1 is 1.36 bits per heavy atom. The van der Waals surface area contributed by atoms with Crippen molar-refractivity contribution in [1.82, 2.24) is 0 Å². The predicted octanol–water partition coefficient (Wildman–Crippen LogP) is 1.92. The van der Waals surface area contributed by atoms with Gasteiger partial charge in [0.25, 0.3) is 5.82 Å². The number of methoxy groups -OCH3 is 1. The third-order valence-corrected chi connectivity index (χ3v) is 5.26. The number of nitrogens with zero attached hydrogens (tertiary/aromatic N) is 2. The van der Waals surface area contributed by atoms with Crippen molar-refractivity contribution in [2.75, 3.05) is 38.3 Å². The van der Waals surface area contributed by atoms with Crippen LogP contribution in [-0.4, -0.2) is 44.3 Å². The molecule has 8 heteroatoms. The molecule has 1 saturated heterocycles. The molecule has 1 aromatic heterocycles. The number of carbonyl (C=O) groups excluding carboxylic acids is 1. The topological polar surface area (TPSA) is 85.9 Å². The molecule has 3 heterocycles. The molecule has 0 unspecified atom stereocenters. The summed E-state index contributed by atoms with van der Waals surface area (Å²) in [4.78, 5) is 17.3. The Hall–Kier alpha value is -1.82. The molecule has 2 aliphatic heterocycles. The van der Waals surface area contributed by atoms with Crippen LogP contribution in [0, 0.1) is 11.3 Å². The highest BCUT2D eigenvalue weighted by molar-refractivity contribution is 8.13. The van der Waals surface area contributed by atoms with E-state index in [9.17, 15) is 10.1 Å². The first-order chi connectivity index (χ1) is 11.9. The third kappa shape index (κ3) is 3.73. The second kappa shape index (κ2) is 7.20. The molecule has 0 bridgehead atoms. The van der Waals surface area contributed by atoms with Gasteiger partial charge in [-0.05, 0) is 19.4 Å². The fourth-order valence-corrected chi connectivity index (χ4v) is 3.82. The lowest BCUT2D eigenvalue weighted by Gasteiger charge is -2.34. The summed E-state index contributed by atoms with van der Waals surface area (Å²) in [5, 5.41) is 9.79. The van der Waals surface area contributed by atoms with Gasteiger partial charge in [-0.3, -0.25) is 4.90 Å². The number of carbonyl (C=O) groups is 1. The molecule has 7 nitrogen and oxygen atoms in total. The zero-order chi connectivity index (χ0) is 18.0. The lowest BCUT2D eigenvalue weighted by Crippen LogP contribution is -2.43. The van der Waals surface area contributed by atoms with Crippen molar-refractivity contribution < 1.29 is 24.0 Å². The summed E-state index contributed by atoms with van der Waals surface area (Å²) in [5.41, 5.74) is 2.09. The second-order valence-corrected chi connectivity index (χ2v) is 7.57. The van der Waals surface area contributed by atoms with Gasteiger partial charge in [0.05, 0.1) is 38.1 Å². The molecule has 0 radical (unpaired) electrons. The Labute approximate surface area is 151 Å². The van der Waals surface area contributed by atoms with Crippen LogP contribution in [0.5, 0.6) is 0 Å². The summed E-state index contributed by atoms with van der Waals surface area (Å²) in [6.45, 7) is 7.25. The minimum Gasteiger partial charge on any atom is -0.461 e. The number of ether oxygens (including phenoxy) is 3. The van der Waals surface area contributed by atoms with E-state index in [0.717, 1.165) is 41.8 Å². The highest BCUT2D eigenvalue weighted by Crippen LogP contribution is 2.37. The number of pyridine rings is 1. The summed E-state index contributed by atoms with van der Waals surface area (Å²) in [6.07, 6.45) is 0.617. The van der Waals surface area contributed by atoms with Gasteiger partial charge in [0.15, 0.2) is 5.03 Å². The Morgan fingerprint density at radius 3 is 2.72 bits per heavy atom. The number of H-pyrrole nitrogens is 1. The molecule has 3 rings (SSSR count). The number of anilines is 1. The first-order valence-corrected chi connectivity index (χ1v) is 9.00. The van der Waals surface area contributed by atoms with Crippen molar-refractivity contribution in [1.29, 1.82) is 5.26 Å². The summed E-state index contributed by atoms with van der Waals surface area (Å²) in [5.74, 6) is 0.902. The van der Waals surface area contributed by atoms with Crippen LogP contribution >= 0.6 is 11.8 Å². The molecule has 134 valence electrons. The zero-order valence-corrected chi connectivity index (χ0v) is 15.5. The van der Waals surface area contributed by atoms with Crippen LogP contribution in [0.1, 0.15) is 30.5 Å².